The van der Waals surface area contributed by atoms with E-state index in [0.717, 1.165) is 35.8 Å². The zero-order valence-corrected chi connectivity index (χ0v) is 10.6. The molecule has 3 heteroatoms. The van der Waals surface area contributed by atoms with Crippen molar-refractivity contribution in [3.8, 4) is 5.75 Å². The van der Waals surface area contributed by atoms with E-state index < -0.39 is 0 Å². The first-order valence-electron chi connectivity index (χ1n) is 5.81. The normalized spacial score (nSPS) is 20.8. The van der Waals surface area contributed by atoms with Crippen molar-refractivity contribution in [3.63, 3.8) is 0 Å². The maximum atomic E-state index is 6.21. The summed E-state index contributed by atoms with van der Waals surface area (Å²) in [5.74, 6) is 0.848. The summed E-state index contributed by atoms with van der Waals surface area (Å²) in [6.45, 7) is 6.11. The molecule has 1 saturated heterocycles. The molecule has 1 heterocycles. The van der Waals surface area contributed by atoms with E-state index in [9.17, 15) is 0 Å². The topological polar surface area (TPSA) is 21.3 Å². The standard InChI is InChI=1S/C13H18ClNO/c1-9-6-10(2)13(12(14)7-9)16-11-4-3-5-15-8-11/h6-7,11,15H,3-5,8H2,1-2H3/t11-/m1/s1. The maximum absolute atomic E-state index is 6.21. The third-order valence-electron chi connectivity index (χ3n) is 2.91. The molecule has 2 rings (SSSR count). The molecule has 16 heavy (non-hydrogen) atoms. The molecule has 1 aromatic rings. The maximum Gasteiger partial charge on any atom is 0.141 e. The van der Waals surface area contributed by atoms with Gasteiger partial charge in [0.15, 0.2) is 0 Å². The van der Waals surface area contributed by atoms with E-state index in [2.05, 4.69) is 11.4 Å². The Morgan fingerprint density at radius 3 is 2.81 bits per heavy atom. The number of aryl methyl sites for hydroxylation is 2. The Balaban J connectivity index is 2.14. The number of hydrogen-bond acceptors (Lipinski definition) is 2. The van der Waals surface area contributed by atoms with E-state index in [1.165, 1.54) is 12.0 Å². The predicted molar refractivity (Wildman–Crippen MR) is 67.4 cm³/mol. The summed E-state index contributed by atoms with van der Waals surface area (Å²) in [6.07, 6.45) is 2.54. The molecule has 1 N–H and O–H groups in total. The van der Waals surface area contributed by atoms with Crippen LogP contribution in [0.3, 0.4) is 0 Å². The van der Waals surface area contributed by atoms with Gasteiger partial charge >= 0.3 is 0 Å². The van der Waals surface area contributed by atoms with Gasteiger partial charge in [0.2, 0.25) is 0 Å². The van der Waals surface area contributed by atoms with E-state index in [1.807, 2.05) is 19.9 Å². The van der Waals surface area contributed by atoms with Crippen LogP contribution in [0.1, 0.15) is 24.0 Å². The highest BCUT2D eigenvalue weighted by atomic mass is 35.5. The van der Waals surface area contributed by atoms with Gasteiger partial charge in [0.1, 0.15) is 11.9 Å². The van der Waals surface area contributed by atoms with Crippen LogP contribution in [-0.2, 0) is 0 Å². The quantitative estimate of drug-likeness (QED) is 0.857. The van der Waals surface area contributed by atoms with Gasteiger partial charge in [-0.15, -0.1) is 0 Å². The van der Waals surface area contributed by atoms with Crippen molar-refractivity contribution >= 4 is 11.6 Å². The van der Waals surface area contributed by atoms with E-state index >= 15 is 0 Å². The summed E-state index contributed by atoms with van der Waals surface area (Å²) >= 11 is 6.21. The highest BCUT2D eigenvalue weighted by Gasteiger charge is 2.17. The molecule has 0 saturated carbocycles. The number of hydrogen-bond donors (Lipinski definition) is 1. The van der Waals surface area contributed by atoms with Crippen LogP contribution in [-0.4, -0.2) is 19.2 Å². The SMILES string of the molecule is Cc1cc(C)c(O[C@@H]2CCCNC2)c(Cl)c1. The van der Waals surface area contributed by atoms with Crippen molar-refractivity contribution in [2.75, 3.05) is 13.1 Å². The Bertz CT molecular complexity index is 349. The van der Waals surface area contributed by atoms with E-state index in [-0.39, 0.29) is 6.10 Å². The highest BCUT2D eigenvalue weighted by molar-refractivity contribution is 6.32. The fourth-order valence-corrected chi connectivity index (χ4v) is 2.50. The summed E-state index contributed by atoms with van der Waals surface area (Å²) in [5, 5.41) is 4.06. The second-order valence-corrected chi connectivity index (χ2v) is 4.89. The largest absolute Gasteiger partial charge is 0.487 e. The van der Waals surface area contributed by atoms with E-state index in [4.69, 9.17) is 16.3 Å². The fraction of sp³-hybridized carbons (Fsp3) is 0.538. The van der Waals surface area contributed by atoms with Crippen LogP contribution in [0.5, 0.6) is 5.75 Å². The molecule has 2 nitrogen and oxygen atoms in total. The van der Waals surface area contributed by atoms with Crippen LogP contribution in [0, 0.1) is 13.8 Å². The molecule has 0 amide bonds. The Morgan fingerprint density at radius 2 is 2.19 bits per heavy atom. The predicted octanol–water partition coefficient (Wildman–Crippen LogP) is 3.09. The summed E-state index contributed by atoms with van der Waals surface area (Å²) in [5.41, 5.74) is 2.30. The molecule has 88 valence electrons. The zero-order valence-electron chi connectivity index (χ0n) is 9.85. The molecule has 0 unspecified atom stereocenters. The molecule has 0 aromatic heterocycles. The molecule has 0 aliphatic carbocycles. The Morgan fingerprint density at radius 1 is 1.38 bits per heavy atom. The van der Waals surface area contributed by atoms with E-state index in [1.54, 1.807) is 0 Å². The van der Waals surface area contributed by atoms with Crippen LogP contribution in [0.15, 0.2) is 12.1 Å². The van der Waals surface area contributed by atoms with Crippen LogP contribution >= 0.6 is 11.6 Å². The monoisotopic (exact) mass is 239 g/mol. The summed E-state index contributed by atoms with van der Waals surface area (Å²) in [6, 6.07) is 4.07. The minimum Gasteiger partial charge on any atom is -0.487 e. The lowest BCUT2D eigenvalue weighted by atomic mass is 10.1. The van der Waals surface area contributed by atoms with Gasteiger partial charge in [0, 0.05) is 6.54 Å². The van der Waals surface area contributed by atoms with Crippen molar-refractivity contribution in [3.05, 3.63) is 28.3 Å². The molecule has 0 bridgehead atoms. The molecular formula is C13H18ClNO. The summed E-state index contributed by atoms with van der Waals surface area (Å²) < 4.78 is 5.98. The first kappa shape index (κ1) is 11.7. The molecule has 1 aliphatic heterocycles. The lowest BCUT2D eigenvalue weighted by Gasteiger charge is -2.25. The second-order valence-electron chi connectivity index (χ2n) is 4.48. The number of nitrogens with one attached hydrogen (secondary N) is 1. The number of halogens is 1. The number of rotatable bonds is 2. The van der Waals surface area contributed by atoms with Gasteiger partial charge in [0.05, 0.1) is 5.02 Å². The zero-order chi connectivity index (χ0) is 11.5. The molecule has 1 atom stereocenters. The smallest absolute Gasteiger partial charge is 0.141 e. The summed E-state index contributed by atoms with van der Waals surface area (Å²) in [4.78, 5) is 0. The Labute approximate surface area is 102 Å². The van der Waals surface area contributed by atoms with Gasteiger partial charge in [-0.25, -0.2) is 0 Å². The van der Waals surface area contributed by atoms with Gasteiger partial charge in [-0.2, -0.15) is 0 Å². The molecule has 1 aliphatic rings. The number of benzene rings is 1. The van der Waals surface area contributed by atoms with Crippen molar-refractivity contribution in [1.82, 2.24) is 5.32 Å². The van der Waals surface area contributed by atoms with Crippen LogP contribution in [0.2, 0.25) is 5.02 Å². The lowest BCUT2D eigenvalue weighted by molar-refractivity contribution is 0.166. The van der Waals surface area contributed by atoms with Crippen LogP contribution in [0.4, 0.5) is 0 Å². The minimum absolute atomic E-state index is 0.257. The third-order valence-corrected chi connectivity index (χ3v) is 3.19. The molecule has 0 radical (unpaired) electrons. The molecule has 0 spiro atoms. The van der Waals surface area contributed by atoms with Crippen molar-refractivity contribution in [2.24, 2.45) is 0 Å². The molecule has 1 aromatic carbocycles. The van der Waals surface area contributed by atoms with Gasteiger partial charge in [0.25, 0.3) is 0 Å². The van der Waals surface area contributed by atoms with Crippen molar-refractivity contribution in [2.45, 2.75) is 32.8 Å². The fourth-order valence-electron chi connectivity index (χ4n) is 2.14. The average Bonchev–Trinajstić information content (AvgIpc) is 2.25. The number of piperidine rings is 1. The van der Waals surface area contributed by atoms with Gasteiger partial charge in [-0.05, 0) is 50.4 Å². The minimum atomic E-state index is 0.257. The third kappa shape index (κ3) is 2.69. The van der Waals surface area contributed by atoms with Crippen LogP contribution < -0.4 is 10.1 Å². The average molecular weight is 240 g/mol. The summed E-state index contributed by atoms with van der Waals surface area (Å²) in [7, 11) is 0. The lowest BCUT2D eigenvalue weighted by Crippen LogP contribution is -2.37. The molecule has 1 fully saturated rings. The van der Waals surface area contributed by atoms with Crippen molar-refractivity contribution in [1.29, 1.82) is 0 Å². The second kappa shape index (κ2) is 5.07. The Kier molecular flexibility index (Phi) is 3.72. The van der Waals surface area contributed by atoms with E-state index in [0.29, 0.717) is 0 Å². The van der Waals surface area contributed by atoms with Crippen molar-refractivity contribution < 1.29 is 4.74 Å². The highest BCUT2D eigenvalue weighted by Crippen LogP contribution is 2.31. The number of ether oxygens (including phenoxy) is 1. The van der Waals surface area contributed by atoms with Crippen LogP contribution in [0.25, 0.3) is 0 Å². The van der Waals surface area contributed by atoms with Gasteiger partial charge in [-0.1, -0.05) is 17.7 Å². The van der Waals surface area contributed by atoms with Gasteiger partial charge in [-0.3, -0.25) is 0 Å². The first-order chi connectivity index (χ1) is 7.66. The Hall–Kier alpha value is -0.730. The molecular weight excluding hydrogens is 222 g/mol. The first-order valence-corrected chi connectivity index (χ1v) is 6.19. The van der Waals surface area contributed by atoms with Gasteiger partial charge < -0.3 is 10.1 Å².